The van der Waals surface area contributed by atoms with Gasteiger partial charge in [0, 0.05) is 5.92 Å². The van der Waals surface area contributed by atoms with Gasteiger partial charge in [-0.2, -0.15) is 0 Å². The summed E-state index contributed by atoms with van der Waals surface area (Å²) in [4.78, 5) is 13.7. The number of nitrogens with zero attached hydrogens (tertiary/aromatic N) is 1. The first-order valence-corrected chi connectivity index (χ1v) is 9.48. The molecule has 3 aromatic rings. The highest BCUT2D eigenvalue weighted by Gasteiger charge is 2.41. The Morgan fingerprint density at radius 1 is 0.893 bits per heavy atom. The minimum Gasteiger partial charge on any atom is -0.480 e. The molecule has 0 bridgehead atoms. The largest absolute Gasteiger partial charge is 0.480 e. The zero-order valence-electron chi connectivity index (χ0n) is 15.5. The van der Waals surface area contributed by atoms with Crippen LogP contribution in [0.1, 0.15) is 28.7 Å². The Balaban J connectivity index is 1.75. The van der Waals surface area contributed by atoms with E-state index in [4.69, 9.17) is 4.74 Å². The van der Waals surface area contributed by atoms with Gasteiger partial charge in [0.15, 0.2) is 0 Å². The molecule has 0 aliphatic carbocycles. The highest BCUT2D eigenvalue weighted by Crippen LogP contribution is 2.40. The Morgan fingerprint density at radius 3 is 1.89 bits per heavy atom. The number of carbonyl (C=O) groups is 1. The van der Waals surface area contributed by atoms with Gasteiger partial charge in [-0.05, 0) is 16.7 Å². The van der Waals surface area contributed by atoms with Gasteiger partial charge in [0.25, 0.3) is 0 Å². The Morgan fingerprint density at radius 2 is 1.39 bits per heavy atom. The van der Waals surface area contributed by atoms with Gasteiger partial charge in [-0.25, -0.2) is 0 Å². The third kappa shape index (κ3) is 3.84. The van der Waals surface area contributed by atoms with Gasteiger partial charge in [-0.3, -0.25) is 9.69 Å². The van der Waals surface area contributed by atoms with Crippen LogP contribution in [0.15, 0.2) is 91.0 Å². The molecule has 2 atom stereocenters. The predicted octanol–water partition coefficient (Wildman–Crippen LogP) is 4.30. The predicted molar refractivity (Wildman–Crippen MR) is 108 cm³/mol. The average Bonchev–Trinajstić information content (AvgIpc) is 3.13. The van der Waals surface area contributed by atoms with Crippen molar-refractivity contribution in [2.24, 2.45) is 0 Å². The normalized spacial score (nSPS) is 19.8. The van der Waals surface area contributed by atoms with Crippen LogP contribution in [0.4, 0.5) is 0 Å². The van der Waals surface area contributed by atoms with E-state index in [2.05, 4.69) is 24.3 Å². The molecular formula is C24H23NO3. The highest BCUT2D eigenvalue weighted by atomic mass is 16.5. The van der Waals surface area contributed by atoms with Crippen molar-refractivity contribution in [2.75, 3.05) is 13.2 Å². The molecule has 4 nitrogen and oxygen atoms in total. The maximum atomic E-state index is 11.7. The van der Waals surface area contributed by atoms with Crippen molar-refractivity contribution in [2.45, 2.75) is 18.2 Å². The van der Waals surface area contributed by atoms with Crippen molar-refractivity contribution < 1.29 is 14.6 Å². The molecule has 0 saturated carbocycles. The maximum Gasteiger partial charge on any atom is 0.317 e. The first kappa shape index (κ1) is 18.4. The molecule has 4 rings (SSSR count). The molecule has 1 heterocycles. The molecule has 1 saturated heterocycles. The van der Waals surface area contributed by atoms with E-state index in [0.29, 0.717) is 6.61 Å². The van der Waals surface area contributed by atoms with Crippen LogP contribution < -0.4 is 0 Å². The molecule has 1 fully saturated rings. The minimum atomic E-state index is -0.851. The van der Waals surface area contributed by atoms with Crippen LogP contribution in [0.2, 0.25) is 0 Å². The number of carboxylic acids is 1. The summed E-state index contributed by atoms with van der Waals surface area (Å²) in [5.74, 6) is -0.924. The first-order valence-electron chi connectivity index (χ1n) is 9.48. The summed E-state index contributed by atoms with van der Waals surface area (Å²) in [7, 11) is 0. The van der Waals surface area contributed by atoms with E-state index < -0.39 is 5.97 Å². The van der Waals surface area contributed by atoms with Gasteiger partial charge in [-0.1, -0.05) is 91.0 Å². The van der Waals surface area contributed by atoms with Crippen molar-refractivity contribution in [1.82, 2.24) is 4.90 Å². The number of carboxylic acid groups (broad SMARTS) is 1. The summed E-state index contributed by atoms with van der Waals surface area (Å²) in [6.45, 7) is 0.401. The Bertz CT molecular complexity index is 859. The fourth-order valence-electron chi connectivity index (χ4n) is 4.01. The Hall–Kier alpha value is -2.95. The van der Waals surface area contributed by atoms with Crippen LogP contribution in [0.5, 0.6) is 0 Å². The number of rotatable bonds is 6. The zero-order chi connectivity index (χ0) is 19.3. The van der Waals surface area contributed by atoms with Crippen LogP contribution in [0.3, 0.4) is 0 Å². The summed E-state index contributed by atoms with van der Waals surface area (Å²) in [5.41, 5.74) is 3.30. The van der Waals surface area contributed by atoms with E-state index in [1.54, 1.807) is 0 Å². The Kier molecular flexibility index (Phi) is 5.51. The summed E-state index contributed by atoms with van der Waals surface area (Å²) in [5, 5.41) is 9.58. The van der Waals surface area contributed by atoms with E-state index in [-0.39, 0.29) is 24.7 Å². The minimum absolute atomic E-state index is 0.0691. The second kappa shape index (κ2) is 8.38. The zero-order valence-corrected chi connectivity index (χ0v) is 15.5. The first-order chi connectivity index (χ1) is 13.7. The van der Waals surface area contributed by atoms with E-state index >= 15 is 0 Å². The van der Waals surface area contributed by atoms with Gasteiger partial charge >= 0.3 is 5.97 Å². The monoisotopic (exact) mass is 373 g/mol. The second-order valence-corrected chi connectivity index (χ2v) is 7.02. The third-order valence-electron chi connectivity index (χ3n) is 5.26. The fraction of sp³-hybridized carbons (Fsp3) is 0.208. The molecule has 1 aliphatic heterocycles. The lowest BCUT2D eigenvalue weighted by atomic mass is 9.89. The fourth-order valence-corrected chi connectivity index (χ4v) is 4.01. The molecule has 1 aliphatic rings. The molecular weight excluding hydrogens is 350 g/mol. The van der Waals surface area contributed by atoms with Crippen LogP contribution in [0, 0.1) is 0 Å². The number of benzene rings is 3. The van der Waals surface area contributed by atoms with Gasteiger partial charge in [-0.15, -0.1) is 0 Å². The number of aliphatic carboxylic acids is 1. The molecule has 0 spiro atoms. The van der Waals surface area contributed by atoms with Gasteiger partial charge in [0.05, 0.1) is 19.2 Å². The molecule has 142 valence electrons. The second-order valence-electron chi connectivity index (χ2n) is 7.02. The molecule has 0 radical (unpaired) electrons. The van der Waals surface area contributed by atoms with Crippen LogP contribution >= 0.6 is 0 Å². The van der Waals surface area contributed by atoms with Crippen molar-refractivity contribution in [3.05, 3.63) is 108 Å². The lowest BCUT2D eigenvalue weighted by Crippen LogP contribution is -2.40. The van der Waals surface area contributed by atoms with Gasteiger partial charge in [0.1, 0.15) is 6.23 Å². The van der Waals surface area contributed by atoms with Crippen LogP contribution in [-0.4, -0.2) is 35.4 Å². The van der Waals surface area contributed by atoms with E-state index in [9.17, 15) is 9.90 Å². The SMILES string of the molecule is O=C(O)CN1C(c2ccccc2)COC1C(c1ccccc1)c1ccccc1. The summed E-state index contributed by atoms with van der Waals surface area (Å²) in [6, 6.07) is 30.2. The summed E-state index contributed by atoms with van der Waals surface area (Å²) >= 11 is 0. The highest BCUT2D eigenvalue weighted by molar-refractivity contribution is 5.69. The number of hydrogen-bond donors (Lipinski definition) is 1. The maximum absolute atomic E-state index is 11.7. The van der Waals surface area contributed by atoms with Crippen LogP contribution in [0.25, 0.3) is 0 Å². The summed E-state index contributed by atoms with van der Waals surface area (Å²) < 4.78 is 6.27. The van der Waals surface area contributed by atoms with Gasteiger partial charge in [0.2, 0.25) is 0 Å². The molecule has 28 heavy (non-hydrogen) atoms. The molecule has 1 N–H and O–H groups in total. The quantitative estimate of drug-likeness (QED) is 0.700. The van der Waals surface area contributed by atoms with Crippen molar-refractivity contribution >= 4 is 5.97 Å². The lowest BCUT2D eigenvalue weighted by molar-refractivity contribution is -0.140. The number of ether oxygens (including phenoxy) is 1. The Labute approximate surface area is 165 Å². The van der Waals surface area contributed by atoms with E-state index in [1.165, 1.54) is 0 Å². The van der Waals surface area contributed by atoms with Crippen molar-refractivity contribution in [1.29, 1.82) is 0 Å². The third-order valence-corrected chi connectivity index (χ3v) is 5.26. The standard InChI is InChI=1S/C24H23NO3/c26-22(27)16-25-21(18-10-4-1-5-11-18)17-28-24(25)23(19-12-6-2-7-13-19)20-14-8-3-9-15-20/h1-15,21,23-24H,16-17H2,(H,26,27). The molecule has 3 aromatic carbocycles. The molecule has 0 aromatic heterocycles. The average molecular weight is 373 g/mol. The smallest absolute Gasteiger partial charge is 0.317 e. The van der Waals surface area contributed by atoms with Crippen LogP contribution in [-0.2, 0) is 9.53 Å². The molecule has 0 amide bonds. The van der Waals surface area contributed by atoms with Crippen molar-refractivity contribution in [3.63, 3.8) is 0 Å². The number of hydrogen-bond acceptors (Lipinski definition) is 3. The summed E-state index contributed by atoms with van der Waals surface area (Å²) in [6.07, 6.45) is -0.355. The molecule has 2 unspecified atom stereocenters. The van der Waals surface area contributed by atoms with E-state index in [0.717, 1.165) is 16.7 Å². The van der Waals surface area contributed by atoms with E-state index in [1.807, 2.05) is 71.6 Å². The van der Waals surface area contributed by atoms with Crippen molar-refractivity contribution in [3.8, 4) is 0 Å². The topological polar surface area (TPSA) is 49.8 Å². The van der Waals surface area contributed by atoms with Gasteiger partial charge < -0.3 is 9.84 Å². The molecule has 4 heteroatoms. The lowest BCUT2D eigenvalue weighted by Gasteiger charge is -2.32.